The molecule has 0 aromatic carbocycles. The zero-order valence-corrected chi connectivity index (χ0v) is 6.60. The van der Waals surface area contributed by atoms with E-state index < -0.39 is 0 Å². The van der Waals surface area contributed by atoms with E-state index in [9.17, 15) is 5.11 Å². The lowest BCUT2D eigenvalue weighted by molar-refractivity contribution is 0.138. The molecule has 2 unspecified atom stereocenters. The van der Waals surface area contributed by atoms with Crippen LogP contribution < -0.4 is 5.32 Å². The molecule has 0 aromatic heterocycles. The number of hydrogen-bond acceptors (Lipinski definition) is 1. The molecule has 59 valence electrons. The van der Waals surface area contributed by atoms with Gasteiger partial charge in [-0.05, 0) is 37.8 Å². The monoisotopic (exact) mass is 142 g/mol. The molecular formula is C8H16NO. The molecule has 2 heteroatoms. The molecular weight excluding hydrogens is 126 g/mol. The second kappa shape index (κ2) is 3.94. The Balaban J connectivity index is 2.11. The van der Waals surface area contributed by atoms with E-state index in [0.717, 1.165) is 25.4 Å². The summed E-state index contributed by atoms with van der Waals surface area (Å²) in [4.78, 5) is 0. The summed E-state index contributed by atoms with van der Waals surface area (Å²) < 4.78 is 0. The maximum absolute atomic E-state index is 10.4. The largest absolute Gasteiger partial charge is 0.316 e. The third-order valence-electron chi connectivity index (χ3n) is 2.18. The van der Waals surface area contributed by atoms with Gasteiger partial charge in [0.2, 0.25) is 0 Å². The Labute approximate surface area is 62.6 Å². The zero-order chi connectivity index (χ0) is 7.40. The van der Waals surface area contributed by atoms with E-state index in [1.165, 1.54) is 6.42 Å². The first-order chi connectivity index (χ1) is 4.83. The summed E-state index contributed by atoms with van der Waals surface area (Å²) in [5, 5.41) is 13.7. The van der Waals surface area contributed by atoms with Crippen LogP contribution in [0.15, 0.2) is 0 Å². The fourth-order valence-corrected chi connectivity index (χ4v) is 1.55. The van der Waals surface area contributed by atoms with Crippen molar-refractivity contribution in [1.29, 1.82) is 0 Å². The first-order valence-corrected chi connectivity index (χ1v) is 4.11. The number of rotatable bonds is 3. The van der Waals surface area contributed by atoms with E-state index in [0.29, 0.717) is 5.92 Å². The maximum Gasteiger partial charge on any atom is 0.0847 e. The SMILES string of the molecule is CC(C[O])CC1CCNC1. The van der Waals surface area contributed by atoms with Crippen LogP contribution in [-0.4, -0.2) is 19.7 Å². The highest BCUT2D eigenvalue weighted by Crippen LogP contribution is 2.17. The van der Waals surface area contributed by atoms with Crippen molar-refractivity contribution in [2.75, 3.05) is 19.7 Å². The molecule has 0 saturated carbocycles. The Morgan fingerprint density at radius 2 is 2.50 bits per heavy atom. The molecule has 0 amide bonds. The lowest BCUT2D eigenvalue weighted by Gasteiger charge is -2.11. The molecule has 0 spiro atoms. The van der Waals surface area contributed by atoms with Crippen LogP contribution in [0.2, 0.25) is 0 Å². The standard InChI is InChI=1S/C8H16NO/c1-7(6-10)4-8-2-3-9-5-8/h7-9H,2-6H2,1H3. The van der Waals surface area contributed by atoms with Gasteiger partial charge in [0.25, 0.3) is 0 Å². The summed E-state index contributed by atoms with van der Waals surface area (Å²) in [5.41, 5.74) is 0. The third kappa shape index (κ3) is 2.27. The van der Waals surface area contributed by atoms with Crippen molar-refractivity contribution < 1.29 is 5.11 Å². The minimum Gasteiger partial charge on any atom is -0.316 e. The number of nitrogens with one attached hydrogen (secondary N) is 1. The van der Waals surface area contributed by atoms with Crippen molar-refractivity contribution in [3.05, 3.63) is 0 Å². The van der Waals surface area contributed by atoms with Crippen LogP contribution in [0.1, 0.15) is 19.8 Å². The van der Waals surface area contributed by atoms with Gasteiger partial charge in [0.1, 0.15) is 0 Å². The fraction of sp³-hybridized carbons (Fsp3) is 1.00. The summed E-state index contributed by atoms with van der Waals surface area (Å²) in [5.74, 6) is 1.16. The van der Waals surface area contributed by atoms with Gasteiger partial charge in [0.05, 0.1) is 6.61 Å². The molecule has 1 rings (SSSR count). The summed E-state index contributed by atoms with van der Waals surface area (Å²) >= 11 is 0. The Morgan fingerprint density at radius 3 is 3.00 bits per heavy atom. The van der Waals surface area contributed by atoms with Gasteiger partial charge in [-0.3, -0.25) is 0 Å². The van der Waals surface area contributed by atoms with Crippen molar-refractivity contribution in [3.8, 4) is 0 Å². The minimum atomic E-state index is 0.0938. The van der Waals surface area contributed by atoms with E-state index >= 15 is 0 Å². The van der Waals surface area contributed by atoms with Gasteiger partial charge in [0.15, 0.2) is 0 Å². The quantitative estimate of drug-likeness (QED) is 0.627. The Hall–Kier alpha value is -0.0800. The molecule has 0 bridgehead atoms. The molecule has 0 aliphatic carbocycles. The van der Waals surface area contributed by atoms with Gasteiger partial charge in [-0.1, -0.05) is 6.92 Å². The molecule has 1 aliphatic heterocycles. The zero-order valence-electron chi connectivity index (χ0n) is 6.60. The molecule has 0 aromatic rings. The van der Waals surface area contributed by atoms with Crippen molar-refractivity contribution in [3.63, 3.8) is 0 Å². The average Bonchev–Trinajstić information content (AvgIpc) is 2.40. The normalized spacial score (nSPS) is 28.8. The van der Waals surface area contributed by atoms with Crippen molar-refractivity contribution >= 4 is 0 Å². The number of hydrogen-bond donors (Lipinski definition) is 1. The maximum atomic E-state index is 10.4. The summed E-state index contributed by atoms with van der Waals surface area (Å²) in [7, 11) is 0. The molecule has 1 fully saturated rings. The highest BCUT2D eigenvalue weighted by atomic mass is 16.3. The Bertz CT molecular complexity index is 89.3. The molecule has 1 radical (unpaired) electrons. The average molecular weight is 142 g/mol. The van der Waals surface area contributed by atoms with Crippen molar-refractivity contribution in [2.45, 2.75) is 19.8 Å². The topological polar surface area (TPSA) is 31.9 Å². The van der Waals surface area contributed by atoms with Crippen LogP contribution in [0.4, 0.5) is 0 Å². The molecule has 1 heterocycles. The van der Waals surface area contributed by atoms with Crippen LogP contribution in [0, 0.1) is 11.8 Å². The fourth-order valence-electron chi connectivity index (χ4n) is 1.55. The molecule has 1 N–H and O–H groups in total. The molecule has 2 atom stereocenters. The summed E-state index contributed by atoms with van der Waals surface area (Å²) in [6, 6.07) is 0. The van der Waals surface area contributed by atoms with Gasteiger partial charge in [-0.25, -0.2) is 5.11 Å². The van der Waals surface area contributed by atoms with Gasteiger partial charge in [0, 0.05) is 0 Å². The predicted octanol–water partition coefficient (Wildman–Crippen LogP) is 1.05. The Morgan fingerprint density at radius 1 is 1.70 bits per heavy atom. The molecule has 1 aliphatic rings. The van der Waals surface area contributed by atoms with Gasteiger partial charge < -0.3 is 5.32 Å². The predicted molar refractivity (Wildman–Crippen MR) is 40.3 cm³/mol. The molecule has 10 heavy (non-hydrogen) atoms. The van der Waals surface area contributed by atoms with Crippen LogP contribution in [0.3, 0.4) is 0 Å². The lowest BCUT2D eigenvalue weighted by atomic mass is 9.96. The first-order valence-electron chi connectivity index (χ1n) is 4.11. The summed E-state index contributed by atoms with van der Waals surface area (Å²) in [6.45, 7) is 4.42. The van der Waals surface area contributed by atoms with Gasteiger partial charge >= 0.3 is 0 Å². The molecule has 2 nitrogen and oxygen atoms in total. The minimum absolute atomic E-state index is 0.0938. The highest BCUT2D eigenvalue weighted by molar-refractivity contribution is 4.72. The first kappa shape index (κ1) is 8.02. The van der Waals surface area contributed by atoms with Crippen LogP contribution >= 0.6 is 0 Å². The Kier molecular flexibility index (Phi) is 3.16. The highest BCUT2D eigenvalue weighted by Gasteiger charge is 2.16. The van der Waals surface area contributed by atoms with E-state index in [4.69, 9.17) is 0 Å². The summed E-state index contributed by atoms with van der Waals surface area (Å²) in [6.07, 6.45) is 2.39. The van der Waals surface area contributed by atoms with Crippen molar-refractivity contribution in [1.82, 2.24) is 5.32 Å². The molecule has 1 saturated heterocycles. The van der Waals surface area contributed by atoms with Crippen molar-refractivity contribution in [2.24, 2.45) is 11.8 Å². The lowest BCUT2D eigenvalue weighted by Crippen LogP contribution is -2.12. The van der Waals surface area contributed by atoms with Gasteiger partial charge in [-0.2, -0.15) is 0 Å². The van der Waals surface area contributed by atoms with E-state index in [1.807, 2.05) is 6.92 Å². The van der Waals surface area contributed by atoms with E-state index in [1.54, 1.807) is 0 Å². The second-order valence-electron chi connectivity index (χ2n) is 3.37. The van der Waals surface area contributed by atoms with Gasteiger partial charge in [-0.15, -0.1) is 0 Å². The van der Waals surface area contributed by atoms with E-state index in [-0.39, 0.29) is 6.61 Å². The van der Waals surface area contributed by atoms with Crippen LogP contribution in [-0.2, 0) is 5.11 Å². The second-order valence-corrected chi connectivity index (χ2v) is 3.37. The van der Waals surface area contributed by atoms with Crippen LogP contribution in [0.25, 0.3) is 0 Å². The van der Waals surface area contributed by atoms with Crippen LogP contribution in [0.5, 0.6) is 0 Å². The smallest absolute Gasteiger partial charge is 0.0847 e. The third-order valence-corrected chi connectivity index (χ3v) is 2.18. The van der Waals surface area contributed by atoms with E-state index in [2.05, 4.69) is 5.32 Å².